The van der Waals surface area contributed by atoms with Crippen molar-refractivity contribution < 1.29 is 9.53 Å². The molecule has 10 heteroatoms. The van der Waals surface area contributed by atoms with Crippen molar-refractivity contribution in [2.45, 2.75) is 76.8 Å². The summed E-state index contributed by atoms with van der Waals surface area (Å²) in [4.78, 5) is 34.0. The second-order valence-electron chi connectivity index (χ2n) is 11.7. The van der Waals surface area contributed by atoms with E-state index in [2.05, 4.69) is 33.1 Å². The van der Waals surface area contributed by atoms with Crippen LogP contribution in [0.15, 0.2) is 6.08 Å². The van der Waals surface area contributed by atoms with Gasteiger partial charge < -0.3 is 14.5 Å². The topological polar surface area (TPSA) is 87.6 Å². The van der Waals surface area contributed by atoms with Crippen molar-refractivity contribution in [3.63, 3.8) is 0 Å². The molecule has 3 fully saturated rings. The van der Waals surface area contributed by atoms with E-state index in [-0.39, 0.29) is 17.5 Å². The fourth-order valence-corrected chi connectivity index (χ4v) is 7.39. The summed E-state index contributed by atoms with van der Waals surface area (Å²) in [7, 11) is 2.12. The zero-order chi connectivity index (χ0) is 26.3. The first-order valence-electron chi connectivity index (χ1n) is 14.2. The van der Waals surface area contributed by atoms with Gasteiger partial charge >= 0.3 is 6.01 Å². The van der Waals surface area contributed by atoms with Crippen molar-refractivity contribution in [1.29, 1.82) is 0 Å². The summed E-state index contributed by atoms with van der Waals surface area (Å²) in [6.07, 6.45) is 12.3. The Morgan fingerprint density at radius 2 is 2.00 bits per heavy atom. The van der Waals surface area contributed by atoms with Gasteiger partial charge in [-0.1, -0.05) is 6.92 Å². The molecule has 1 amide bonds. The van der Waals surface area contributed by atoms with Gasteiger partial charge in [-0.05, 0) is 94.9 Å². The van der Waals surface area contributed by atoms with Gasteiger partial charge in [0.2, 0.25) is 5.91 Å². The van der Waals surface area contributed by atoms with Crippen LogP contribution in [-0.2, 0) is 17.6 Å². The molecule has 5 heterocycles. The quantitative estimate of drug-likeness (QED) is 0.496. The Hall–Kier alpha value is -2.59. The predicted molar refractivity (Wildman–Crippen MR) is 149 cm³/mol. The largest absolute Gasteiger partial charge is 0.461 e. The van der Waals surface area contributed by atoms with E-state index in [1.54, 1.807) is 12.2 Å². The number of amides is 1. The number of carbonyl (C=O) groups is 1. The minimum Gasteiger partial charge on any atom is -0.461 e. The second-order valence-corrected chi connectivity index (χ2v) is 12.4. The summed E-state index contributed by atoms with van der Waals surface area (Å²) in [6, 6.07) is 0.730. The van der Waals surface area contributed by atoms with Crippen LogP contribution in [0.2, 0.25) is 0 Å². The minimum atomic E-state index is 0.0213. The van der Waals surface area contributed by atoms with Crippen LogP contribution in [0.4, 0.5) is 5.82 Å². The van der Waals surface area contributed by atoms with Crippen molar-refractivity contribution in [3.8, 4) is 6.01 Å². The number of nitrogens with zero attached hydrogens (tertiary/aromatic N) is 7. The maximum absolute atomic E-state index is 12.9. The molecule has 2 aromatic rings. The Morgan fingerprint density at radius 1 is 1.18 bits per heavy atom. The number of hydrogen-bond donors (Lipinski definition) is 0. The standard InChI is InChI=1S/C28H39N7O2S/c1-19-6-7-23-22(16-19)26(31-27(30-23)37-18-28-11-4-13-35(28)14-5-12-28)33(3)21-10-15-34(17-21)25(36)9-8-24-29-20(2)32-38-24/h8-9,19,21H,4-7,10-18H2,1-3H3/b9-8+. The predicted octanol–water partition coefficient (Wildman–Crippen LogP) is 3.52. The van der Waals surface area contributed by atoms with Crippen LogP contribution in [0.3, 0.4) is 0 Å². The molecule has 3 aliphatic heterocycles. The molecule has 0 radical (unpaired) electrons. The second kappa shape index (κ2) is 10.5. The molecule has 204 valence electrons. The van der Waals surface area contributed by atoms with Crippen LogP contribution in [-0.4, -0.2) is 86.4 Å². The summed E-state index contributed by atoms with van der Waals surface area (Å²) >= 11 is 1.31. The highest BCUT2D eigenvalue weighted by molar-refractivity contribution is 7.06. The normalized spacial score (nSPS) is 24.7. The zero-order valence-corrected chi connectivity index (χ0v) is 23.7. The molecule has 2 aromatic heterocycles. The summed E-state index contributed by atoms with van der Waals surface area (Å²) in [6.45, 7) is 8.64. The van der Waals surface area contributed by atoms with E-state index in [4.69, 9.17) is 14.7 Å². The van der Waals surface area contributed by atoms with E-state index in [0.29, 0.717) is 25.1 Å². The van der Waals surface area contributed by atoms with Gasteiger partial charge in [-0.3, -0.25) is 9.69 Å². The molecule has 0 bridgehead atoms. The van der Waals surface area contributed by atoms with Crippen molar-refractivity contribution >= 4 is 29.3 Å². The number of aromatic nitrogens is 4. The summed E-state index contributed by atoms with van der Waals surface area (Å²) in [5, 5.41) is 0.760. The summed E-state index contributed by atoms with van der Waals surface area (Å²) in [5.74, 6) is 2.36. The maximum Gasteiger partial charge on any atom is 0.318 e. The van der Waals surface area contributed by atoms with Crippen molar-refractivity contribution in [3.05, 3.63) is 28.2 Å². The molecule has 38 heavy (non-hydrogen) atoms. The van der Waals surface area contributed by atoms with E-state index in [1.165, 1.54) is 55.9 Å². The Morgan fingerprint density at radius 3 is 2.76 bits per heavy atom. The first kappa shape index (κ1) is 25.7. The lowest BCUT2D eigenvalue weighted by Gasteiger charge is -2.33. The molecule has 4 aliphatic rings. The fraction of sp³-hybridized carbons (Fsp3) is 0.679. The van der Waals surface area contributed by atoms with Crippen LogP contribution < -0.4 is 9.64 Å². The number of fused-ring (bicyclic) bond motifs is 2. The van der Waals surface area contributed by atoms with Crippen molar-refractivity contribution in [2.24, 2.45) is 5.92 Å². The third-order valence-corrected chi connectivity index (χ3v) is 9.80. The zero-order valence-electron chi connectivity index (χ0n) is 22.9. The van der Waals surface area contributed by atoms with Gasteiger partial charge in [-0.2, -0.15) is 14.3 Å². The number of rotatable bonds is 7. The Bertz CT molecular complexity index is 1200. The van der Waals surface area contributed by atoms with E-state index >= 15 is 0 Å². The Kier molecular flexibility index (Phi) is 7.11. The van der Waals surface area contributed by atoms with Gasteiger partial charge in [0, 0.05) is 37.8 Å². The summed E-state index contributed by atoms with van der Waals surface area (Å²) in [5.41, 5.74) is 2.58. The number of likely N-dealkylation sites (tertiary alicyclic amines) is 1. The Balaban J connectivity index is 1.17. The first-order valence-corrected chi connectivity index (χ1v) is 15.0. The molecule has 1 aliphatic carbocycles. The van der Waals surface area contributed by atoms with Gasteiger partial charge in [0.05, 0.1) is 11.2 Å². The van der Waals surface area contributed by atoms with Gasteiger partial charge in [0.1, 0.15) is 23.3 Å². The molecular weight excluding hydrogens is 498 g/mol. The lowest BCUT2D eigenvalue weighted by Crippen LogP contribution is -2.43. The minimum absolute atomic E-state index is 0.0213. The van der Waals surface area contributed by atoms with Gasteiger partial charge in [0.25, 0.3) is 0 Å². The third-order valence-electron chi connectivity index (χ3n) is 9.03. The molecule has 0 saturated carbocycles. The highest BCUT2D eigenvalue weighted by Gasteiger charge is 2.45. The average molecular weight is 538 g/mol. The smallest absolute Gasteiger partial charge is 0.318 e. The lowest BCUT2D eigenvalue weighted by molar-refractivity contribution is -0.124. The molecule has 6 rings (SSSR count). The molecule has 2 atom stereocenters. The Labute approximate surface area is 229 Å². The van der Waals surface area contributed by atoms with Crippen LogP contribution >= 0.6 is 11.5 Å². The maximum atomic E-state index is 12.9. The number of ether oxygens (including phenoxy) is 1. The molecule has 0 aromatic carbocycles. The number of hydrogen-bond acceptors (Lipinski definition) is 9. The fourth-order valence-electron chi connectivity index (χ4n) is 6.82. The lowest BCUT2D eigenvalue weighted by atomic mass is 9.88. The third kappa shape index (κ3) is 5.04. The van der Waals surface area contributed by atoms with Crippen molar-refractivity contribution in [1.82, 2.24) is 29.1 Å². The van der Waals surface area contributed by atoms with E-state index in [9.17, 15) is 4.79 Å². The monoisotopic (exact) mass is 537 g/mol. The van der Waals surface area contributed by atoms with E-state index < -0.39 is 0 Å². The molecule has 2 unspecified atom stereocenters. The highest BCUT2D eigenvalue weighted by Crippen LogP contribution is 2.39. The molecule has 0 N–H and O–H groups in total. The number of likely N-dealkylation sites (N-methyl/N-ethyl adjacent to an activating group) is 1. The van der Waals surface area contributed by atoms with Crippen LogP contribution in [0.5, 0.6) is 6.01 Å². The molecule has 3 saturated heterocycles. The highest BCUT2D eigenvalue weighted by atomic mass is 32.1. The van der Waals surface area contributed by atoms with Crippen molar-refractivity contribution in [2.75, 3.05) is 44.7 Å². The summed E-state index contributed by atoms with van der Waals surface area (Å²) < 4.78 is 10.6. The van der Waals surface area contributed by atoms with Gasteiger partial charge in [-0.25, -0.2) is 4.98 Å². The van der Waals surface area contributed by atoms with E-state index in [1.807, 2.05) is 11.8 Å². The van der Waals surface area contributed by atoms with Gasteiger partial charge in [0.15, 0.2) is 0 Å². The van der Waals surface area contributed by atoms with Crippen LogP contribution in [0.25, 0.3) is 6.08 Å². The molecular formula is C28H39N7O2S. The molecule has 9 nitrogen and oxygen atoms in total. The number of anilines is 1. The average Bonchev–Trinajstić information content (AvgIpc) is 3.70. The van der Waals surface area contributed by atoms with Crippen LogP contribution in [0, 0.1) is 12.8 Å². The number of carbonyl (C=O) groups excluding carboxylic acids is 1. The number of aryl methyl sites for hydroxylation is 2. The SMILES string of the molecule is Cc1nsc(/C=C/C(=O)N2CCC(N(C)c3nc(OCC45CCCN4CCC5)nc4c3CC(C)CC4)C2)n1. The first-order chi connectivity index (χ1) is 18.4. The van der Waals surface area contributed by atoms with E-state index in [0.717, 1.165) is 54.6 Å². The van der Waals surface area contributed by atoms with Crippen LogP contribution in [0.1, 0.15) is 67.5 Å². The van der Waals surface area contributed by atoms with Gasteiger partial charge in [-0.15, -0.1) is 0 Å². The molecule has 0 spiro atoms.